The number of carboxylic acid groups (broad SMARTS) is 1. The summed E-state index contributed by atoms with van der Waals surface area (Å²) in [6.45, 7) is 0. The molecule has 1 unspecified atom stereocenters. The van der Waals surface area contributed by atoms with Crippen molar-refractivity contribution in [3.63, 3.8) is 0 Å². The average molecular weight is 281 g/mol. The Morgan fingerprint density at radius 3 is 2.40 bits per heavy atom. The van der Waals surface area contributed by atoms with Crippen LogP contribution in [0.4, 0.5) is 8.78 Å². The van der Waals surface area contributed by atoms with Crippen LogP contribution in [0.2, 0.25) is 0 Å². The zero-order chi connectivity index (χ0) is 11.4. The molecular weight excluding hydrogens is 274 g/mol. The summed E-state index contributed by atoms with van der Waals surface area (Å²) < 4.78 is 25.5. The van der Waals surface area contributed by atoms with Crippen LogP contribution in [0.5, 0.6) is 0 Å². The van der Waals surface area contributed by atoms with Crippen LogP contribution in [-0.2, 0) is 4.79 Å². The van der Waals surface area contributed by atoms with Crippen LogP contribution in [0, 0.1) is 0 Å². The molecule has 82 valence electrons. The number of halogens is 3. The highest BCUT2D eigenvalue weighted by Gasteiger charge is 2.27. The molecule has 0 saturated carbocycles. The van der Waals surface area contributed by atoms with Gasteiger partial charge >= 0.3 is 5.97 Å². The monoisotopic (exact) mass is 280 g/mol. The van der Waals surface area contributed by atoms with Gasteiger partial charge in [-0.2, -0.15) is 0 Å². The van der Waals surface area contributed by atoms with Gasteiger partial charge in [-0.3, -0.25) is 4.79 Å². The molecule has 0 aliphatic heterocycles. The summed E-state index contributed by atoms with van der Waals surface area (Å²) in [4.78, 5) is 17.7. The molecule has 0 fully saturated rings. The fraction of sp³-hybridized carbons (Fsp3) is 0.375. The standard InChI is InChI=1S/C8H7BrF2N2O2/c9-4-2-12-8(13-3-4)5(7(10)11)1-6(14)15/h2-3,5,7H,1H2,(H,14,15). The van der Waals surface area contributed by atoms with E-state index in [4.69, 9.17) is 5.11 Å². The molecule has 0 aliphatic carbocycles. The number of rotatable bonds is 4. The van der Waals surface area contributed by atoms with E-state index in [0.717, 1.165) is 0 Å². The SMILES string of the molecule is O=C(O)CC(c1ncc(Br)cn1)C(F)F. The van der Waals surface area contributed by atoms with Crippen molar-refractivity contribution in [1.82, 2.24) is 9.97 Å². The molecule has 0 bridgehead atoms. The Morgan fingerprint density at radius 2 is 2.00 bits per heavy atom. The van der Waals surface area contributed by atoms with Gasteiger partial charge in [0, 0.05) is 12.4 Å². The van der Waals surface area contributed by atoms with Crippen LogP contribution in [0.1, 0.15) is 18.2 Å². The normalized spacial score (nSPS) is 12.8. The molecule has 1 aromatic rings. The lowest BCUT2D eigenvalue weighted by Crippen LogP contribution is -2.16. The van der Waals surface area contributed by atoms with Gasteiger partial charge in [0.2, 0.25) is 6.43 Å². The molecule has 1 heterocycles. The molecule has 1 rings (SSSR count). The van der Waals surface area contributed by atoms with E-state index in [1.807, 2.05) is 0 Å². The molecule has 0 saturated heterocycles. The highest BCUT2D eigenvalue weighted by atomic mass is 79.9. The third kappa shape index (κ3) is 3.50. The van der Waals surface area contributed by atoms with E-state index in [1.54, 1.807) is 0 Å². The first-order valence-corrected chi connectivity index (χ1v) is 4.77. The van der Waals surface area contributed by atoms with Gasteiger partial charge in [-0.25, -0.2) is 18.7 Å². The predicted molar refractivity (Wildman–Crippen MR) is 50.7 cm³/mol. The summed E-state index contributed by atoms with van der Waals surface area (Å²) in [6, 6.07) is 0. The Hall–Kier alpha value is -1.11. The molecular formula is C8H7BrF2N2O2. The van der Waals surface area contributed by atoms with Crippen molar-refractivity contribution in [2.45, 2.75) is 18.8 Å². The Morgan fingerprint density at radius 1 is 1.47 bits per heavy atom. The van der Waals surface area contributed by atoms with Crippen LogP contribution in [0.25, 0.3) is 0 Å². The second-order valence-corrected chi connectivity index (χ2v) is 3.71. The number of carbonyl (C=O) groups is 1. The lowest BCUT2D eigenvalue weighted by atomic mass is 10.1. The van der Waals surface area contributed by atoms with E-state index >= 15 is 0 Å². The van der Waals surface area contributed by atoms with Gasteiger partial charge in [-0.05, 0) is 15.9 Å². The number of aliphatic carboxylic acids is 1. The topological polar surface area (TPSA) is 63.1 Å². The van der Waals surface area contributed by atoms with E-state index in [-0.39, 0.29) is 5.82 Å². The number of aromatic nitrogens is 2. The Labute approximate surface area is 92.5 Å². The van der Waals surface area contributed by atoms with Crippen LogP contribution in [0.3, 0.4) is 0 Å². The summed E-state index contributed by atoms with van der Waals surface area (Å²) in [7, 11) is 0. The molecule has 4 nitrogen and oxygen atoms in total. The van der Waals surface area contributed by atoms with E-state index in [0.29, 0.717) is 4.47 Å². The summed E-state index contributed by atoms with van der Waals surface area (Å²) in [5.74, 6) is -2.92. The molecule has 1 N–H and O–H groups in total. The van der Waals surface area contributed by atoms with Crippen molar-refractivity contribution < 1.29 is 18.7 Å². The smallest absolute Gasteiger partial charge is 0.304 e. The second kappa shape index (κ2) is 5.11. The van der Waals surface area contributed by atoms with Gasteiger partial charge in [-0.1, -0.05) is 0 Å². The maximum Gasteiger partial charge on any atom is 0.304 e. The number of hydrogen-bond acceptors (Lipinski definition) is 3. The molecule has 0 spiro atoms. The number of hydrogen-bond donors (Lipinski definition) is 1. The third-order valence-electron chi connectivity index (χ3n) is 1.67. The minimum absolute atomic E-state index is 0.157. The van der Waals surface area contributed by atoms with Crippen LogP contribution < -0.4 is 0 Å². The Kier molecular flexibility index (Phi) is 4.07. The van der Waals surface area contributed by atoms with E-state index in [2.05, 4.69) is 25.9 Å². The van der Waals surface area contributed by atoms with Gasteiger partial charge in [0.1, 0.15) is 5.82 Å². The van der Waals surface area contributed by atoms with Gasteiger partial charge in [0.05, 0.1) is 16.8 Å². The molecule has 1 aromatic heterocycles. The number of nitrogens with zero attached hydrogens (tertiary/aromatic N) is 2. The summed E-state index contributed by atoms with van der Waals surface area (Å²) >= 11 is 3.05. The second-order valence-electron chi connectivity index (χ2n) is 2.80. The average Bonchev–Trinajstić information content (AvgIpc) is 2.15. The van der Waals surface area contributed by atoms with Crippen molar-refractivity contribution in [2.24, 2.45) is 0 Å². The van der Waals surface area contributed by atoms with Crippen molar-refractivity contribution >= 4 is 21.9 Å². The molecule has 0 amide bonds. The van der Waals surface area contributed by atoms with Gasteiger partial charge < -0.3 is 5.11 Å². The molecule has 0 aromatic carbocycles. The van der Waals surface area contributed by atoms with Crippen molar-refractivity contribution in [3.8, 4) is 0 Å². The van der Waals surface area contributed by atoms with Crippen molar-refractivity contribution in [3.05, 3.63) is 22.7 Å². The highest BCUT2D eigenvalue weighted by Crippen LogP contribution is 2.24. The van der Waals surface area contributed by atoms with E-state index in [9.17, 15) is 13.6 Å². The maximum atomic E-state index is 12.5. The molecule has 7 heteroatoms. The molecule has 0 radical (unpaired) electrons. The lowest BCUT2D eigenvalue weighted by Gasteiger charge is -2.11. The minimum Gasteiger partial charge on any atom is -0.481 e. The maximum absolute atomic E-state index is 12.5. The molecule has 0 aliphatic rings. The van der Waals surface area contributed by atoms with E-state index in [1.165, 1.54) is 12.4 Å². The molecule has 1 atom stereocenters. The van der Waals surface area contributed by atoms with Crippen molar-refractivity contribution in [1.29, 1.82) is 0 Å². The van der Waals surface area contributed by atoms with Gasteiger partial charge in [0.15, 0.2) is 0 Å². The first-order valence-electron chi connectivity index (χ1n) is 3.98. The zero-order valence-corrected chi connectivity index (χ0v) is 8.99. The largest absolute Gasteiger partial charge is 0.481 e. The first kappa shape index (κ1) is 12.0. The third-order valence-corrected chi connectivity index (χ3v) is 2.08. The minimum atomic E-state index is -2.79. The van der Waals surface area contributed by atoms with Crippen LogP contribution >= 0.6 is 15.9 Å². The number of carboxylic acids is 1. The van der Waals surface area contributed by atoms with Crippen LogP contribution in [0.15, 0.2) is 16.9 Å². The number of alkyl halides is 2. The highest BCUT2D eigenvalue weighted by molar-refractivity contribution is 9.10. The fourth-order valence-corrected chi connectivity index (χ4v) is 1.20. The Balaban J connectivity index is 2.88. The summed E-state index contributed by atoms with van der Waals surface area (Å²) in [5.41, 5.74) is 0. The van der Waals surface area contributed by atoms with Crippen LogP contribution in [-0.4, -0.2) is 27.5 Å². The van der Waals surface area contributed by atoms with Crippen molar-refractivity contribution in [2.75, 3.05) is 0 Å². The quantitative estimate of drug-likeness (QED) is 0.917. The fourth-order valence-electron chi connectivity index (χ4n) is 0.995. The zero-order valence-electron chi connectivity index (χ0n) is 7.40. The van der Waals surface area contributed by atoms with E-state index < -0.39 is 24.7 Å². The summed E-state index contributed by atoms with van der Waals surface area (Å²) in [5, 5.41) is 8.45. The predicted octanol–water partition coefficient (Wildman–Crippen LogP) is 2.06. The van der Waals surface area contributed by atoms with Gasteiger partial charge in [0.25, 0.3) is 0 Å². The van der Waals surface area contributed by atoms with Gasteiger partial charge in [-0.15, -0.1) is 0 Å². The molecule has 15 heavy (non-hydrogen) atoms. The lowest BCUT2D eigenvalue weighted by molar-refractivity contribution is -0.138. The Bertz CT molecular complexity index is 345. The first-order chi connectivity index (χ1) is 7.00. The summed E-state index contributed by atoms with van der Waals surface area (Å²) in [6.07, 6.45) is -0.861.